The summed E-state index contributed by atoms with van der Waals surface area (Å²) in [4.78, 5) is 14.6. The van der Waals surface area contributed by atoms with E-state index in [-0.39, 0.29) is 29.8 Å². The molecule has 0 aliphatic carbocycles. The molecule has 0 saturated heterocycles. The molecule has 164 valence electrons. The lowest BCUT2D eigenvalue weighted by Crippen LogP contribution is -2.36. The zero-order valence-corrected chi connectivity index (χ0v) is 19.3. The number of carbonyl (C=O) groups excluding carboxylic acids is 1. The summed E-state index contributed by atoms with van der Waals surface area (Å²) in [5.41, 5.74) is 3.96. The summed E-state index contributed by atoms with van der Waals surface area (Å²) < 4.78 is 27.6. The number of nitrogens with one attached hydrogen (secondary N) is 2. The Morgan fingerprint density at radius 3 is 2.33 bits per heavy atom. The normalized spacial score (nSPS) is 12.7. The van der Waals surface area contributed by atoms with Crippen molar-refractivity contribution in [1.29, 1.82) is 0 Å². The molecule has 0 radical (unpaired) electrons. The summed E-state index contributed by atoms with van der Waals surface area (Å²) in [5, 5.41) is 2.92. The highest BCUT2D eigenvalue weighted by atomic mass is 32.2. The van der Waals surface area contributed by atoms with Crippen molar-refractivity contribution in [3.63, 3.8) is 0 Å². The van der Waals surface area contributed by atoms with E-state index in [0.29, 0.717) is 12.1 Å². The molecule has 2 aromatic rings. The van der Waals surface area contributed by atoms with Gasteiger partial charge in [-0.05, 0) is 62.7 Å². The first-order valence-corrected chi connectivity index (χ1v) is 11.7. The van der Waals surface area contributed by atoms with Gasteiger partial charge in [-0.25, -0.2) is 13.1 Å². The highest BCUT2D eigenvalue weighted by Gasteiger charge is 2.18. The molecule has 0 aliphatic heterocycles. The Kier molecular flexibility index (Phi) is 8.58. The van der Waals surface area contributed by atoms with Crippen molar-refractivity contribution in [2.75, 3.05) is 27.2 Å². The molecule has 2 aromatic carbocycles. The molecule has 0 bridgehead atoms. The summed E-state index contributed by atoms with van der Waals surface area (Å²) in [6.45, 7) is 6.24. The number of carbonyl (C=O) groups is 1. The van der Waals surface area contributed by atoms with Gasteiger partial charge in [0.05, 0.1) is 10.9 Å². The zero-order chi connectivity index (χ0) is 22.3. The third-order valence-corrected chi connectivity index (χ3v) is 6.77. The van der Waals surface area contributed by atoms with Crippen molar-refractivity contribution < 1.29 is 13.2 Å². The van der Waals surface area contributed by atoms with Crippen molar-refractivity contribution in [3.05, 3.63) is 64.7 Å². The maximum atomic E-state index is 12.5. The second kappa shape index (κ2) is 10.7. The second-order valence-corrected chi connectivity index (χ2v) is 9.53. The standard InChI is InChI=1S/C23H33N3O3S/c1-6-19-9-11-20(12-10-19)21(26(4)5)16-24-23(27)13-14-25-30(28,29)22-15-17(2)7-8-18(22)3/h7-12,15,21,25H,6,13-14,16H2,1-5H3,(H,24,27). The molecule has 0 spiro atoms. The van der Waals surface area contributed by atoms with Crippen LogP contribution in [-0.4, -0.2) is 46.4 Å². The predicted octanol–water partition coefficient (Wildman–Crippen LogP) is 2.95. The number of sulfonamides is 1. The molecule has 1 unspecified atom stereocenters. The van der Waals surface area contributed by atoms with Crippen LogP contribution in [0.4, 0.5) is 0 Å². The second-order valence-electron chi connectivity index (χ2n) is 7.80. The molecule has 30 heavy (non-hydrogen) atoms. The van der Waals surface area contributed by atoms with Gasteiger partial charge >= 0.3 is 0 Å². The number of benzene rings is 2. The van der Waals surface area contributed by atoms with Crippen LogP contribution in [0.3, 0.4) is 0 Å². The Hall–Kier alpha value is -2.22. The van der Waals surface area contributed by atoms with Gasteiger partial charge in [0.1, 0.15) is 0 Å². The fourth-order valence-corrected chi connectivity index (χ4v) is 4.61. The molecule has 0 saturated carbocycles. The number of likely N-dealkylation sites (N-methyl/N-ethyl adjacent to an activating group) is 1. The highest BCUT2D eigenvalue weighted by Crippen LogP contribution is 2.19. The molecular weight excluding hydrogens is 398 g/mol. The largest absolute Gasteiger partial charge is 0.354 e. The minimum absolute atomic E-state index is 0.0477. The van der Waals surface area contributed by atoms with Crippen LogP contribution in [0.1, 0.15) is 41.6 Å². The van der Waals surface area contributed by atoms with Gasteiger partial charge in [0.15, 0.2) is 0 Å². The first-order valence-electron chi connectivity index (χ1n) is 10.2. The average molecular weight is 432 g/mol. The Labute approximate surface area is 180 Å². The van der Waals surface area contributed by atoms with E-state index < -0.39 is 10.0 Å². The van der Waals surface area contributed by atoms with Gasteiger partial charge in [-0.2, -0.15) is 0 Å². The van der Waals surface area contributed by atoms with Crippen LogP contribution in [0.15, 0.2) is 47.4 Å². The summed E-state index contributed by atoms with van der Waals surface area (Å²) in [6, 6.07) is 13.7. The third kappa shape index (κ3) is 6.65. The maximum absolute atomic E-state index is 12.5. The van der Waals surface area contributed by atoms with E-state index in [1.807, 2.05) is 27.1 Å². The van der Waals surface area contributed by atoms with Crippen LogP contribution in [0.2, 0.25) is 0 Å². The van der Waals surface area contributed by atoms with Crippen molar-refractivity contribution >= 4 is 15.9 Å². The van der Waals surface area contributed by atoms with Crippen molar-refractivity contribution in [2.45, 2.75) is 44.6 Å². The molecule has 2 N–H and O–H groups in total. The summed E-state index contributed by atoms with van der Waals surface area (Å²) in [7, 11) is 0.308. The molecule has 1 amide bonds. The van der Waals surface area contributed by atoms with E-state index in [2.05, 4.69) is 46.1 Å². The van der Waals surface area contributed by atoms with Crippen LogP contribution in [0, 0.1) is 13.8 Å². The first kappa shape index (κ1) is 24.1. The quantitative estimate of drug-likeness (QED) is 0.606. The Bertz CT molecular complexity index is 954. The van der Waals surface area contributed by atoms with Gasteiger partial charge in [-0.15, -0.1) is 0 Å². The molecule has 1 atom stereocenters. The Morgan fingerprint density at radius 2 is 1.73 bits per heavy atom. The van der Waals surface area contributed by atoms with Gasteiger partial charge in [-0.3, -0.25) is 4.79 Å². The summed E-state index contributed by atoms with van der Waals surface area (Å²) in [6.07, 6.45) is 1.07. The van der Waals surface area contributed by atoms with E-state index in [1.165, 1.54) is 5.56 Å². The Balaban J connectivity index is 1.89. The fraction of sp³-hybridized carbons (Fsp3) is 0.435. The topological polar surface area (TPSA) is 78.5 Å². The molecule has 0 aromatic heterocycles. The van der Waals surface area contributed by atoms with Gasteiger partial charge in [0, 0.05) is 19.5 Å². The van der Waals surface area contributed by atoms with Crippen LogP contribution < -0.4 is 10.0 Å². The van der Waals surface area contributed by atoms with Crippen LogP contribution in [0.25, 0.3) is 0 Å². The number of rotatable bonds is 10. The SMILES string of the molecule is CCc1ccc(C(CNC(=O)CCNS(=O)(=O)c2cc(C)ccc2C)N(C)C)cc1. The minimum Gasteiger partial charge on any atom is -0.354 e. The predicted molar refractivity (Wildman–Crippen MR) is 121 cm³/mol. The lowest BCUT2D eigenvalue weighted by molar-refractivity contribution is -0.121. The monoisotopic (exact) mass is 431 g/mol. The summed E-state index contributed by atoms with van der Waals surface area (Å²) >= 11 is 0. The third-order valence-electron chi connectivity index (χ3n) is 5.17. The van der Waals surface area contributed by atoms with Gasteiger partial charge in [-0.1, -0.05) is 43.3 Å². The highest BCUT2D eigenvalue weighted by molar-refractivity contribution is 7.89. The zero-order valence-electron chi connectivity index (χ0n) is 18.5. The molecule has 2 rings (SSSR count). The fourth-order valence-electron chi connectivity index (χ4n) is 3.25. The van der Waals surface area contributed by atoms with Gasteiger partial charge < -0.3 is 10.2 Å². The minimum atomic E-state index is -3.64. The molecule has 0 aliphatic rings. The lowest BCUT2D eigenvalue weighted by atomic mass is 10.0. The van der Waals surface area contributed by atoms with E-state index in [0.717, 1.165) is 17.5 Å². The number of nitrogens with zero attached hydrogens (tertiary/aromatic N) is 1. The van der Waals surface area contributed by atoms with Gasteiger partial charge in [0.2, 0.25) is 15.9 Å². The van der Waals surface area contributed by atoms with E-state index in [1.54, 1.807) is 19.1 Å². The molecule has 7 heteroatoms. The average Bonchev–Trinajstić information content (AvgIpc) is 2.70. The van der Waals surface area contributed by atoms with Crippen molar-refractivity contribution in [2.24, 2.45) is 0 Å². The van der Waals surface area contributed by atoms with E-state index in [4.69, 9.17) is 0 Å². The molecule has 0 fully saturated rings. The molecule has 0 heterocycles. The van der Waals surface area contributed by atoms with Crippen LogP contribution >= 0.6 is 0 Å². The van der Waals surface area contributed by atoms with E-state index >= 15 is 0 Å². The van der Waals surface area contributed by atoms with Crippen LogP contribution in [0.5, 0.6) is 0 Å². The molecule has 6 nitrogen and oxygen atoms in total. The number of amides is 1. The number of hydrogen-bond donors (Lipinski definition) is 2. The lowest BCUT2D eigenvalue weighted by Gasteiger charge is -2.25. The van der Waals surface area contributed by atoms with E-state index in [9.17, 15) is 13.2 Å². The van der Waals surface area contributed by atoms with Crippen LogP contribution in [-0.2, 0) is 21.2 Å². The number of hydrogen-bond acceptors (Lipinski definition) is 4. The smallest absolute Gasteiger partial charge is 0.240 e. The van der Waals surface area contributed by atoms with Crippen molar-refractivity contribution in [3.8, 4) is 0 Å². The first-order chi connectivity index (χ1) is 14.1. The van der Waals surface area contributed by atoms with Gasteiger partial charge in [0.25, 0.3) is 0 Å². The number of aryl methyl sites for hydroxylation is 3. The summed E-state index contributed by atoms with van der Waals surface area (Å²) in [5.74, 6) is -0.185. The van der Waals surface area contributed by atoms with Crippen molar-refractivity contribution in [1.82, 2.24) is 14.9 Å². The Morgan fingerprint density at radius 1 is 1.07 bits per heavy atom. The maximum Gasteiger partial charge on any atom is 0.240 e. The molecular formula is C23H33N3O3S.